The minimum atomic E-state index is -0.191. The Bertz CT molecular complexity index is 1440. The summed E-state index contributed by atoms with van der Waals surface area (Å²) in [6.45, 7) is 3.69. The van der Waals surface area contributed by atoms with Gasteiger partial charge in [-0.15, -0.1) is 0 Å². The average Bonchev–Trinajstić information content (AvgIpc) is 3.42. The van der Waals surface area contributed by atoms with E-state index in [1.807, 2.05) is 36.1 Å². The normalized spacial score (nSPS) is 14.0. The molecule has 0 radical (unpaired) electrons. The van der Waals surface area contributed by atoms with Crippen molar-refractivity contribution in [2.75, 3.05) is 34.0 Å². The molecule has 4 rings (SSSR count). The first-order valence-electron chi connectivity index (χ1n) is 14.0. The molecule has 8 nitrogen and oxygen atoms in total. The van der Waals surface area contributed by atoms with Crippen LogP contribution in [-0.2, 0) is 28.9 Å². The molecule has 222 valence electrons. The van der Waals surface area contributed by atoms with E-state index in [1.165, 1.54) is 19.3 Å². The minimum Gasteiger partial charge on any atom is -0.504 e. The molecule has 0 spiro atoms. The van der Waals surface area contributed by atoms with Gasteiger partial charge in [0.05, 0.1) is 13.7 Å². The summed E-state index contributed by atoms with van der Waals surface area (Å²) >= 11 is 6.37. The van der Waals surface area contributed by atoms with Gasteiger partial charge in [-0.2, -0.15) is 0 Å². The summed E-state index contributed by atoms with van der Waals surface area (Å²) in [6.07, 6.45) is 5.34. The monoisotopic (exact) mass is 592 g/mol. The first-order chi connectivity index (χ1) is 20.3. The van der Waals surface area contributed by atoms with Crippen LogP contribution in [-0.4, -0.2) is 61.8 Å². The zero-order valence-corrected chi connectivity index (χ0v) is 24.9. The van der Waals surface area contributed by atoms with Crippen molar-refractivity contribution in [3.8, 4) is 17.2 Å². The van der Waals surface area contributed by atoms with Crippen LogP contribution in [0.5, 0.6) is 17.2 Å². The van der Waals surface area contributed by atoms with Crippen LogP contribution in [0.2, 0.25) is 5.02 Å². The van der Waals surface area contributed by atoms with Crippen LogP contribution >= 0.6 is 11.6 Å². The molecule has 2 amide bonds. The highest BCUT2D eigenvalue weighted by molar-refractivity contribution is 6.30. The maximum atomic E-state index is 13.8. The van der Waals surface area contributed by atoms with E-state index in [2.05, 4.69) is 5.32 Å². The lowest BCUT2D eigenvalue weighted by molar-refractivity contribution is -0.128. The van der Waals surface area contributed by atoms with E-state index >= 15 is 0 Å². The Kier molecular flexibility index (Phi) is 10.9. The number of carbonyl (C=O) groups excluding carboxylic acids is 2. The fourth-order valence-electron chi connectivity index (χ4n) is 4.98. The van der Waals surface area contributed by atoms with Crippen molar-refractivity contribution in [2.24, 2.45) is 0 Å². The van der Waals surface area contributed by atoms with Gasteiger partial charge in [-0.1, -0.05) is 30.7 Å². The standard InChI is InChI=1S/C33H37ClN2O6/c1-4-13-35-33(39)24-8-7-23-19-28(20-25(23)17-24)36(21-26-18-27(34)9-11-30(26)42-15-14-40-2)32(38)12-6-22-5-10-29(37)31(16-22)41-3/h5-12,16-18,28,37H,4,13-15,19-21H2,1-3H3,(H,35,39)/b12-6-. The number of phenolic OH excluding ortho intramolecular Hbond substituents is 1. The largest absolute Gasteiger partial charge is 0.504 e. The molecule has 0 aromatic heterocycles. The van der Waals surface area contributed by atoms with Crippen molar-refractivity contribution < 1.29 is 28.9 Å². The van der Waals surface area contributed by atoms with Gasteiger partial charge in [-0.05, 0) is 84.5 Å². The molecule has 1 aliphatic carbocycles. The third-order valence-corrected chi connectivity index (χ3v) is 7.40. The number of ether oxygens (including phenoxy) is 3. The van der Waals surface area contributed by atoms with E-state index in [1.54, 1.807) is 37.5 Å². The summed E-state index contributed by atoms with van der Waals surface area (Å²) in [6, 6.07) is 15.9. The Morgan fingerprint density at radius 1 is 1.02 bits per heavy atom. The second kappa shape index (κ2) is 14.8. The van der Waals surface area contributed by atoms with Gasteiger partial charge >= 0.3 is 0 Å². The molecule has 2 N–H and O–H groups in total. The summed E-state index contributed by atoms with van der Waals surface area (Å²) in [4.78, 5) is 28.2. The first-order valence-corrected chi connectivity index (χ1v) is 14.4. The zero-order chi connectivity index (χ0) is 30.1. The van der Waals surface area contributed by atoms with Gasteiger partial charge in [0.2, 0.25) is 5.91 Å². The molecule has 1 unspecified atom stereocenters. The Morgan fingerprint density at radius 3 is 2.60 bits per heavy atom. The lowest BCUT2D eigenvalue weighted by Gasteiger charge is -2.29. The van der Waals surface area contributed by atoms with Crippen LogP contribution in [0, 0.1) is 0 Å². The molecular weight excluding hydrogens is 556 g/mol. The van der Waals surface area contributed by atoms with Crippen LogP contribution in [0.25, 0.3) is 6.08 Å². The van der Waals surface area contributed by atoms with Gasteiger partial charge in [0.25, 0.3) is 5.91 Å². The lowest BCUT2D eigenvalue weighted by Crippen LogP contribution is -2.39. The summed E-state index contributed by atoms with van der Waals surface area (Å²) in [5, 5.41) is 13.4. The highest BCUT2D eigenvalue weighted by Gasteiger charge is 2.30. The second-order valence-corrected chi connectivity index (χ2v) is 10.6. The van der Waals surface area contributed by atoms with Gasteiger partial charge in [0.1, 0.15) is 12.4 Å². The van der Waals surface area contributed by atoms with Crippen molar-refractivity contribution >= 4 is 29.5 Å². The molecule has 42 heavy (non-hydrogen) atoms. The smallest absolute Gasteiger partial charge is 0.251 e. The number of nitrogens with one attached hydrogen (secondary N) is 1. The number of carbonyl (C=O) groups is 2. The Morgan fingerprint density at radius 2 is 1.83 bits per heavy atom. The Balaban J connectivity index is 1.62. The maximum Gasteiger partial charge on any atom is 0.251 e. The predicted molar refractivity (Wildman–Crippen MR) is 163 cm³/mol. The molecule has 0 fully saturated rings. The third-order valence-electron chi connectivity index (χ3n) is 7.17. The van der Waals surface area contributed by atoms with Crippen molar-refractivity contribution in [3.63, 3.8) is 0 Å². The number of benzene rings is 3. The third kappa shape index (κ3) is 7.84. The van der Waals surface area contributed by atoms with Gasteiger partial charge in [-0.3, -0.25) is 9.59 Å². The molecule has 9 heteroatoms. The number of nitrogens with zero attached hydrogens (tertiary/aromatic N) is 1. The quantitative estimate of drug-likeness (QED) is 0.203. The molecule has 0 aliphatic heterocycles. The van der Waals surface area contributed by atoms with E-state index < -0.39 is 0 Å². The number of aromatic hydroxyl groups is 1. The number of methoxy groups -OCH3 is 2. The van der Waals surface area contributed by atoms with E-state index in [0.717, 1.165) is 23.1 Å². The minimum absolute atomic E-state index is 0.0241. The zero-order valence-electron chi connectivity index (χ0n) is 24.2. The van der Waals surface area contributed by atoms with E-state index in [4.69, 9.17) is 25.8 Å². The molecule has 0 bridgehead atoms. The van der Waals surface area contributed by atoms with Crippen molar-refractivity contribution in [2.45, 2.75) is 38.8 Å². The SMILES string of the molecule is CCCNC(=O)c1ccc2c(c1)CC(N(Cc1cc(Cl)ccc1OCCOC)C(=O)/C=C\c1ccc(O)c(OC)c1)C2. The molecule has 0 saturated carbocycles. The summed E-state index contributed by atoms with van der Waals surface area (Å²) in [5.74, 6) is 0.690. The number of halogens is 1. The van der Waals surface area contributed by atoms with Crippen LogP contribution in [0.1, 0.15) is 46.0 Å². The van der Waals surface area contributed by atoms with E-state index in [-0.39, 0.29) is 30.2 Å². The molecule has 3 aromatic carbocycles. The number of fused-ring (bicyclic) bond motifs is 1. The van der Waals surface area contributed by atoms with E-state index in [0.29, 0.717) is 60.2 Å². The fourth-order valence-corrected chi connectivity index (χ4v) is 5.17. The second-order valence-electron chi connectivity index (χ2n) is 10.1. The highest BCUT2D eigenvalue weighted by atomic mass is 35.5. The predicted octanol–water partition coefficient (Wildman–Crippen LogP) is 5.43. The van der Waals surface area contributed by atoms with Crippen LogP contribution in [0.4, 0.5) is 0 Å². The van der Waals surface area contributed by atoms with Crippen LogP contribution in [0.15, 0.2) is 60.7 Å². The first kappa shape index (κ1) is 30.9. The summed E-state index contributed by atoms with van der Waals surface area (Å²) < 4.78 is 16.3. The molecule has 0 heterocycles. The number of phenols is 1. The van der Waals surface area contributed by atoms with Crippen molar-refractivity contribution in [1.29, 1.82) is 0 Å². The van der Waals surface area contributed by atoms with Gasteiger partial charge < -0.3 is 29.5 Å². The van der Waals surface area contributed by atoms with Crippen LogP contribution in [0.3, 0.4) is 0 Å². The van der Waals surface area contributed by atoms with Gasteiger partial charge in [-0.25, -0.2) is 0 Å². The Labute approximate surface area is 251 Å². The number of hydrogen-bond donors (Lipinski definition) is 2. The van der Waals surface area contributed by atoms with Gasteiger partial charge in [0, 0.05) is 48.5 Å². The highest BCUT2D eigenvalue weighted by Crippen LogP contribution is 2.31. The van der Waals surface area contributed by atoms with E-state index in [9.17, 15) is 14.7 Å². The average molecular weight is 593 g/mol. The fraction of sp³-hybridized carbons (Fsp3) is 0.333. The molecule has 0 saturated heterocycles. The summed E-state index contributed by atoms with van der Waals surface area (Å²) in [5.41, 5.74) is 4.27. The topological polar surface area (TPSA) is 97.3 Å². The molecular formula is C33H37ClN2O6. The van der Waals surface area contributed by atoms with Gasteiger partial charge in [0.15, 0.2) is 11.5 Å². The number of hydrogen-bond acceptors (Lipinski definition) is 6. The summed E-state index contributed by atoms with van der Waals surface area (Å²) in [7, 11) is 3.09. The number of rotatable bonds is 13. The lowest BCUT2D eigenvalue weighted by atomic mass is 10.1. The van der Waals surface area contributed by atoms with Crippen molar-refractivity contribution in [3.05, 3.63) is 93.5 Å². The molecule has 1 atom stereocenters. The molecule has 1 aliphatic rings. The molecule has 3 aromatic rings. The Hall–Kier alpha value is -4.01. The maximum absolute atomic E-state index is 13.8. The van der Waals surface area contributed by atoms with Crippen LogP contribution < -0.4 is 14.8 Å². The van der Waals surface area contributed by atoms with Crippen molar-refractivity contribution in [1.82, 2.24) is 10.2 Å². The number of amides is 2.